The Morgan fingerprint density at radius 2 is 2.14 bits per heavy atom. The Morgan fingerprint density at radius 3 is 2.50 bits per heavy atom. The van der Waals surface area contributed by atoms with Crippen molar-refractivity contribution < 1.29 is 15.0 Å². The molecule has 5 heteroatoms. The van der Waals surface area contributed by atoms with Crippen LogP contribution in [0.2, 0.25) is 0 Å². The molecule has 0 aromatic rings. The van der Waals surface area contributed by atoms with E-state index in [0.717, 1.165) is 0 Å². The summed E-state index contributed by atoms with van der Waals surface area (Å²) >= 11 is 0. The highest BCUT2D eigenvalue weighted by Crippen LogP contribution is 2.31. The highest BCUT2D eigenvalue weighted by atomic mass is 16.4. The van der Waals surface area contributed by atoms with Crippen molar-refractivity contribution in [1.29, 1.82) is 5.26 Å². The average molecular weight is 198 g/mol. The van der Waals surface area contributed by atoms with Crippen molar-refractivity contribution in [2.75, 3.05) is 6.61 Å². The Morgan fingerprint density at radius 1 is 1.57 bits per heavy atom. The maximum absolute atomic E-state index is 10.5. The number of nitrogens with one attached hydrogen (secondary N) is 1. The topological polar surface area (TPSA) is 93.4 Å². The Balaban J connectivity index is 2.58. The minimum Gasteiger partial charge on any atom is -0.465 e. The van der Waals surface area contributed by atoms with Gasteiger partial charge in [-0.3, -0.25) is 0 Å². The van der Waals surface area contributed by atoms with Gasteiger partial charge in [-0.1, -0.05) is 0 Å². The van der Waals surface area contributed by atoms with Crippen molar-refractivity contribution in [1.82, 2.24) is 5.32 Å². The van der Waals surface area contributed by atoms with Crippen LogP contribution in [0.3, 0.4) is 0 Å². The number of aliphatic hydroxyl groups excluding tert-OH is 1. The maximum atomic E-state index is 10.5. The van der Waals surface area contributed by atoms with Gasteiger partial charge in [-0.25, -0.2) is 4.79 Å². The van der Waals surface area contributed by atoms with Gasteiger partial charge in [0.2, 0.25) is 0 Å². The summed E-state index contributed by atoms with van der Waals surface area (Å²) in [6.07, 6.45) is 1.21. The van der Waals surface area contributed by atoms with E-state index in [9.17, 15) is 4.79 Å². The van der Waals surface area contributed by atoms with Gasteiger partial charge < -0.3 is 15.5 Å². The van der Waals surface area contributed by atoms with Gasteiger partial charge in [0.05, 0.1) is 6.07 Å². The molecule has 0 spiro atoms. The number of nitriles is 1. The van der Waals surface area contributed by atoms with Crippen LogP contribution < -0.4 is 5.32 Å². The quantitative estimate of drug-likeness (QED) is 0.608. The molecule has 0 atom stereocenters. The predicted molar refractivity (Wildman–Crippen MR) is 48.5 cm³/mol. The van der Waals surface area contributed by atoms with Gasteiger partial charge in [0, 0.05) is 6.61 Å². The average Bonchev–Trinajstić information content (AvgIpc) is 2.18. The van der Waals surface area contributed by atoms with E-state index in [1.54, 1.807) is 0 Å². The molecular weight excluding hydrogens is 184 g/mol. The van der Waals surface area contributed by atoms with Crippen LogP contribution in [0.4, 0.5) is 4.79 Å². The zero-order chi connectivity index (χ0) is 10.6. The number of carboxylic acid groups (broad SMARTS) is 1. The highest BCUT2D eigenvalue weighted by molar-refractivity contribution is 5.66. The Hall–Kier alpha value is -1.28. The zero-order valence-electron chi connectivity index (χ0n) is 7.86. The summed E-state index contributed by atoms with van der Waals surface area (Å²) in [6.45, 7) is 0.120. The number of hydrogen-bond acceptors (Lipinski definition) is 3. The molecule has 0 saturated heterocycles. The molecule has 78 valence electrons. The number of rotatable bonds is 2. The monoisotopic (exact) mass is 198 g/mol. The molecule has 1 saturated carbocycles. The minimum absolute atomic E-state index is 0.120. The van der Waals surface area contributed by atoms with E-state index in [0.29, 0.717) is 25.7 Å². The van der Waals surface area contributed by atoms with Gasteiger partial charge in [-0.05, 0) is 31.6 Å². The number of hydrogen-bond donors (Lipinski definition) is 3. The minimum atomic E-state index is -1.16. The number of carbonyl (C=O) groups is 1. The molecule has 0 unspecified atom stereocenters. The molecule has 0 bridgehead atoms. The molecule has 3 N–H and O–H groups in total. The van der Waals surface area contributed by atoms with Gasteiger partial charge in [0.25, 0.3) is 0 Å². The van der Waals surface area contributed by atoms with Crippen LogP contribution in [0.15, 0.2) is 0 Å². The molecule has 0 aromatic carbocycles. The fourth-order valence-corrected chi connectivity index (χ4v) is 1.82. The molecule has 0 heterocycles. The molecule has 1 fully saturated rings. The van der Waals surface area contributed by atoms with Crippen LogP contribution in [-0.2, 0) is 0 Å². The number of nitrogens with zero attached hydrogens (tertiary/aromatic N) is 1. The standard InChI is InChI=1S/C9H14N2O3/c10-6-9(11-8(13)14)3-1-7(5-12)2-4-9/h7,11-12H,1-5H2,(H,13,14). The summed E-state index contributed by atoms with van der Waals surface area (Å²) in [7, 11) is 0. The van der Waals surface area contributed by atoms with Gasteiger partial charge in [0.1, 0.15) is 5.54 Å². The van der Waals surface area contributed by atoms with Gasteiger partial charge >= 0.3 is 6.09 Å². The summed E-state index contributed by atoms with van der Waals surface area (Å²) in [5.74, 6) is 0.215. The second kappa shape index (κ2) is 4.29. The van der Waals surface area contributed by atoms with E-state index in [1.165, 1.54) is 0 Å². The maximum Gasteiger partial charge on any atom is 0.405 e. The van der Waals surface area contributed by atoms with Gasteiger partial charge in [0.15, 0.2) is 0 Å². The van der Waals surface area contributed by atoms with Crippen molar-refractivity contribution in [2.45, 2.75) is 31.2 Å². The van der Waals surface area contributed by atoms with Gasteiger partial charge in [-0.2, -0.15) is 5.26 Å². The molecule has 0 aliphatic heterocycles. The van der Waals surface area contributed by atoms with E-state index >= 15 is 0 Å². The van der Waals surface area contributed by atoms with E-state index in [1.807, 2.05) is 6.07 Å². The van der Waals surface area contributed by atoms with E-state index in [-0.39, 0.29) is 12.5 Å². The fourth-order valence-electron chi connectivity index (χ4n) is 1.82. The lowest BCUT2D eigenvalue weighted by atomic mass is 9.77. The van der Waals surface area contributed by atoms with Gasteiger partial charge in [-0.15, -0.1) is 0 Å². The lowest BCUT2D eigenvalue weighted by Crippen LogP contribution is -2.49. The Kier molecular flexibility index (Phi) is 3.31. The molecule has 14 heavy (non-hydrogen) atoms. The molecular formula is C9H14N2O3. The second-order valence-electron chi connectivity index (χ2n) is 3.75. The van der Waals surface area contributed by atoms with Crippen molar-refractivity contribution in [2.24, 2.45) is 5.92 Å². The van der Waals surface area contributed by atoms with Crippen LogP contribution in [0.5, 0.6) is 0 Å². The first-order valence-corrected chi connectivity index (χ1v) is 4.65. The summed E-state index contributed by atoms with van der Waals surface area (Å²) in [5.41, 5.74) is -0.933. The zero-order valence-corrected chi connectivity index (χ0v) is 7.86. The van der Waals surface area contributed by atoms with Crippen molar-refractivity contribution >= 4 is 6.09 Å². The summed E-state index contributed by atoms with van der Waals surface area (Å²) in [4.78, 5) is 10.5. The summed E-state index contributed by atoms with van der Waals surface area (Å²) in [5, 5.41) is 28.6. The number of amides is 1. The van der Waals surface area contributed by atoms with E-state index < -0.39 is 11.6 Å². The third-order valence-corrected chi connectivity index (χ3v) is 2.78. The highest BCUT2D eigenvalue weighted by Gasteiger charge is 2.36. The smallest absolute Gasteiger partial charge is 0.405 e. The van der Waals surface area contributed by atoms with Crippen molar-refractivity contribution in [3.63, 3.8) is 0 Å². The second-order valence-corrected chi connectivity index (χ2v) is 3.75. The van der Waals surface area contributed by atoms with Crippen molar-refractivity contribution in [3.05, 3.63) is 0 Å². The van der Waals surface area contributed by atoms with E-state index in [4.69, 9.17) is 15.5 Å². The Bertz CT molecular complexity index is 251. The van der Waals surface area contributed by atoms with Crippen LogP contribution in [0, 0.1) is 17.2 Å². The predicted octanol–water partition coefficient (Wildman–Crippen LogP) is 0.699. The third kappa shape index (κ3) is 2.36. The molecule has 0 radical (unpaired) electrons. The first-order valence-electron chi connectivity index (χ1n) is 4.65. The molecule has 1 aliphatic rings. The van der Waals surface area contributed by atoms with Crippen LogP contribution >= 0.6 is 0 Å². The number of aliphatic hydroxyl groups is 1. The molecule has 1 amide bonds. The first-order chi connectivity index (χ1) is 6.62. The molecule has 1 aliphatic carbocycles. The lowest BCUT2D eigenvalue weighted by Gasteiger charge is -2.33. The normalized spacial score (nSPS) is 31.9. The molecule has 0 aromatic heterocycles. The molecule has 5 nitrogen and oxygen atoms in total. The van der Waals surface area contributed by atoms with Crippen LogP contribution in [0.25, 0.3) is 0 Å². The van der Waals surface area contributed by atoms with E-state index in [2.05, 4.69) is 5.32 Å². The SMILES string of the molecule is N#CC1(NC(=O)O)CCC(CO)CC1. The fraction of sp³-hybridized carbons (Fsp3) is 0.778. The third-order valence-electron chi connectivity index (χ3n) is 2.78. The Labute approximate surface area is 82.3 Å². The first kappa shape index (κ1) is 10.8. The lowest BCUT2D eigenvalue weighted by molar-refractivity contribution is 0.144. The summed E-state index contributed by atoms with van der Waals surface area (Å²) < 4.78 is 0. The van der Waals surface area contributed by atoms with Crippen LogP contribution in [-0.4, -0.2) is 28.5 Å². The largest absolute Gasteiger partial charge is 0.465 e. The molecule has 1 rings (SSSR count). The van der Waals surface area contributed by atoms with Crippen molar-refractivity contribution in [3.8, 4) is 6.07 Å². The summed E-state index contributed by atoms with van der Waals surface area (Å²) in [6, 6.07) is 2.02. The van der Waals surface area contributed by atoms with Crippen LogP contribution in [0.1, 0.15) is 25.7 Å².